The number of ether oxygens (including phenoxy) is 1. The van der Waals surface area contributed by atoms with Crippen LogP contribution in [0.25, 0.3) is 0 Å². The molecule has 0 bridgehead atoms. The van der Waals surface area contributed by atoms with E-state index in [0.29, 0.717) is 22.8 Å². The van der Waals surface area contributed by atoms with Crippen LogP contribution in [-0.2, 0) is 0 Å². The molecule has 24 heavy (non-hydrogen) atoms. The minimum Gasteiger partial charge on any atom is -0.489 e. The first-order valence-electron chi connectivity index (χ1n) is 8.37. The molecule has 0 aliphatic rings. The quantitative estimate of drug-likeness (QED) is 0.708. The predicted molar refractivity (Wildman–Crippen MR) is 97.8 cm³/mol. The summed E-state index contributed by atoms with van der Waals surface area (Å²) in [5.74, 6) is 1.19. The number of rotatable bonds is 8. The number of nitrogens with zero attached hydrogens (tertiary/aromatic N) is 1. The molecule has 1 heterocycles. The number of pyridine rings is 1. The second-order valence-corrected chi connectivity index (χ2v) is 5.83. The number of hydrogen-bond acceptors (Lipinski definition) is 4. The lowest BCUT2D eigenvalue weighted by Gasteiger charge is -2.15. The Morgan fingerprint density at radius 2 is 2.04 bits per heavy atom. The minimum atomic E-state index is -0.184. The number of carbonyl (C=O) groups is 1. The molecule has 1 aromatic carbocycles. The van der Waals surface area contributed by atoms with Crippen molar-refractivity contribution < 1.29 is 9.53 Å². The van der Waals surface area contributed by atoms with Gasteiger partial charge in [-0.05, 0) is 44.5 Å². The zero-order chi connectivity index (χ0) is 17.4. The molecule has 0 aliphatic carbocycles. The van der Waals surface area contributed by atoms with Gasteiger partial charge in [0.1, 0.15) is 11.6 Å². The summed E-state index contributed by atoms with van der Waals surface area (Å²) in [7, 11) is 0. The van der Waals surface area contributed by atoms with Gasteiger partial charge < -0.3 is 15.4 Å². The largest absolute Gasteiger partial charge is 0.489 e. The molecule has 2 rings (SSSR count). The van der Waals surface area contributed by atoms with Crippen LogP contribution in [0.15, 0.2) is 42.6 Å². The van der Waals surface area contributed by atoms with Crippen molar-refractivity contribution in [3.63, 3.8) is 0 Å². The van der Waals surface area contributed by atoms with Crippen molar-refractivity contribution in [2.24, 2.45) is 0 Å². The van der Waals surface area contributed by atoms with Crippen LogP contribution in [0.3, 0.4) is 0 Å². The Bertz CT molecular complexity index is 671. The molecule has 0 aliphatic heterocycles. The number of para-hydroxylation sites is 2. The van der Waals surface area contributed by atoms with Gasteiger partial charge in [-0.3, -0.25) is 4.79 Å². The number of aromatic nitrogens is 1. The lowest BCUT2D eigenvalue weighted by atomic mass is 10.2. The van der Waals surface area contributed by atoms with Gasteiger partial charge in [0.2, 0.25) is 0 Å². The molecule has 0 atom stereocenters. The van der Waals surface area contributed by atoms with Gasteiger partial charge in [-0.2, -0.15) is 0 Å². The van der Waals surface area contributed by atoms with E-state index in [1.807, 2.05) is 38.1 Å². The summed E-state index contributed by atoms with van der Waals surface area (Å²) in [5.41, 5.74) is 1.22. The highest BCUT2D eigenvalue weighted by Gasteiger charge is 2.11. The highest BCUT2D eigenvalue weighted by atomic mass is 16.5. The average Bonchev–Trinajstić information content (AvgIpc) is 2.57. The van der Waals surface area contributed by atoms with Crippen molar-refractivity contribution in [3.8, 4) is 5.75 Å². The molecule has 0 fully saturated rings. The summed E-state index contributed by atoms with van der Waals surface area (Å²) >= 11 is 0. The molecular weight excluding hydrogens is 302 g/mol. The molecule has 2 N–H and O–H groups in total. The van der Waals surface area contributed by atoms with E-state index < -0.39 is 0 Å². The summed E-state index contributed by atoms with van der Waals surface area (Å²) < 4.78 is 5.73. The van der Waals surface area contributed by atoms with Crippen LogP contribution in [0.2, 0.25) is 0 Å². The van der Waals surface area contributed by atoms with Crippen molar-refractivity contribution >= 4 is 17.4 Å². The van der Waals surface area contributed by atoms with E-state index in [2.05, 4.69) is 22.5 Å². The lowest BCUT2D eigenvalue weighted by Crippen LogP contribution is -2.15. The van der Waals surface area contributed by atoms with Crippen molar-refractivity contribution in [1.82, 2.24) is 4.98 Å². The third-order valence-electron chi connectivity index (χ3n) is 3.36. The Morgan fingerprint density at radius 3 is 2.79 bits per heavy atom. The zero-order valence-corrected chi connectivity index (χ0v) is 14.5. The smallest absolute Gasteiger partial charge is 0.255 e. The van der Waals surface area contributed by atoms with Gasteiger partial charge in [0.15, 0.2) is 0 Å². The van der Waals surface area contributed by atoms with Crippen LogP contribution in [-0.4, -0.2) is 23.5 Å². The van der Waals surface area contributed by atoms with Crippen LogP contribution in [0, 0.1) is 0 Å². The van der Waals surface area contributed by atoms with Gasteiger partial charge in [0.05, 0.1) is 11.8 Å². The van der Waals surface area contributed by atoms with Gasteiger partial charge in [0, 0.05) is 18.3 Å². The van der Waals surface area contributed by atoms with E-state index in [9.17, 15) is 4.79 Å². The molecule has 2 aromatic rings. The molecule has 0 saturated heterocycles. The maximum atomic E-state index is 12.5. The number of hydrogen-bond donors (Lipinski definition) is 2. The molecule has 128 valence electrons. The van der Waals surface area contributed by atoms with Crippen molar-refractivity contribution in [2.75, 3.05) is 17.2 Å². The van der Waals surface area contributed by atoms with E-state index in [0.717, 1.165) is 19.4 Å². The van der Waals surface area contributed by atoms with Crippen LogP contribution in [0.1, 0.15) is 44.0 Å². The molecule has 0 spiro atoms. The third kappa shape index (κ3) is 5.26. The molecule has 0 unspecified atom stereocenters. The molecule has 0 radical (unpaired) electrons. The highest BCUT2D eigenvalue weighted by molar-refractivity contribution is 6.05. The molecule has 1 aromatic heterocycles. The van der Waals surface area contributed by atoms with E-state index in [1.165, 1.54) is 0 Å². The van der Waals surface area contributed by atoms with E-state index in [1.54, 1.807) is 18.3 Å². The fourth-order valence-electron chi connectivity index (χ4n) is 2.18. The SMILES string of the molecule is CCCCNc1cc(C(=O)Nc2ccccc2OC(C)C)ccn1. The fraction of sp³-hybridized carbons (Fsp3) is 0.368. The second kappa shape index (κ2) is 8.91. The molecule has 5 nitrogen and oxygen atoms in total. The number of anilines is 2. The van der Waals surface area contributed by atoms with Gasteiger partial charge in [0.25, 0.3) is 5.91 Å². The first-order valence-corrected chi connectivity index (χ1v) is 8.37. The van der Waals surface area contributed by atoms with Gasteiger partial charge in [-0.1, -0.05) is 25.5 Å². The number of nitrogens with one attached hydrogen (secondary N) is 2. The second-order valence-electron chi connectivity index (χ2n) is 5.83. The Morgan fingerprint density at radius 1 is 1.25 bits per heavy atom. The molecule has 1 amide bonds. The first kappa shape index (κ1) is 17.8. The molecule has 0 saturated carbocycles. The zero-order valence-electron chi connectivity index (χ0n) is 14.5. The Labute approximate surface area is 143 Å². The summed E-state index contributed by atoms with van der Waals surface area (Å²) in [6, 6.07) is 10.9. The van der Waals surface area contributed by atoms with E-state index >= 15 is 0 Å². The van der Waals surface area contributed by atoms with Crippen LogP contribution in [0.5, 0.6) is 5.75 Å². The van der Waals surface area contributed by atoms with Gasteiger partial charge >= 0.3 is 0 Å². The van der Waals surface area contributed by atoms with Gasteiger partial charge in [-0.15, -0.1) is 0 Å². The van der Waals surface area contributed by atoms with Crippen LogP contribution in [0.4, 0.5) is 11.5 Å². The topological polar surface area (TPSA) is 63.2 Å². The number of benzene rings is 1. The van der Waals surface area contributed by atoms with Crippen molar-refractivity contribution in [2.45, 2.75) is 39.7 Å². The van der Waals surface area contributed by atoms with Crippen molar-refractivity contribution in [1.29, 1.82) is 0 Å². The fourth-order valence-corrected chi connectivity index (χ4v) is 2.18. The summed E-state index contributed by atoms with van der Waals surface area (Å²) in [6.45, 7) is 6.89. The average molecular weight is 327 g/mol. The van der Waals surface area contributed by atoms with Gasteiger partial charge in [-0.25, -0.2) is 4.98 Å². The molecular formula is C19H25N3O2. The third-order valence-corrected chi connectivity index (χ3v) is 3.36. The monoisotopic (exact) mass is 327 g/mol. The predicted octanol–water partition coefficient (Wildman–Crippen LogP) is 4.33. The molecule has 5 heteroatoms. The summed E-state index contributed by atoms with van der Waals surface area (Å²) in [6.07, 6.45) is 3.86. The Balaban J connectivity index is 2.08. The highest BCUT2D eigenvalue weighted by Crippen LogP contribution is 2.25. The maximum absolute atomic E-state index is 12.5. The Hall–Kier alpha value is -2.56. The minimum absolute atomic E-state index is 0.0401. The number of carbonyl (C=O) groups excluding carboxylic acids is 1. The van der Waals surface area contributed by atoms with E-state index in [-0.39, 0.29) is 12.0 Å². The van der Waals surface area contributed by atoms with E-state index in [4.69, 9.17) is 4.74 Å². The maximum Gasteiger partial charge on any atom is 0.255 e. The lowest BCUT2D eigenvalue weighted by molar-refractivity contribution is 0.102. The summed E-state index contributed by atoms with van der Waals surface area (Å²) in [5, 5.41) is 6.13. The Kier molecular flexibility index (Phi) is 6.61. The standard InChI is InChI=1S/C19H25N3O2/c1-4-5-11-20-18-13-15(10-12-21-18)19(23)22-16-8-6-7-9-17(16)24-14(2)3/h6-10,12-14H,4-5,11H2,1-3H3,(H,20,21)(H,22,23). The van der Waals surface area contributed by atoms with Crippen molar-refractivity contribution in [3.05, 3.63) is 48.2 Å². The number of amides is 1. The number of unbranched alkanes of at least 4 members (excludes halogenated alkanes) is 1. The van der Waals surface area contributed by atoms with Crippen LogP contribution < -0.4 is 15.4 Å². The normalized spacial score (nSPS) is 10.5. The summed E-state index contributed by atoms with van der Waals surface area (Å²) in [4.78, 5) is 16.8. The van der Waals surface area contributed by atoms with Crippen LogP contribution >= 0.6 is 0 Å². The first-order chi connectivity index (χ1) is 11.6.